The van der Waals surface area contributed by atoms with Gasteiger partial charge in [0.05, 0.1) is 10.5 Å². The Morgan fingerprint density at radius 2 is 2.25 bits per heavy atom. The minimum absolute atomic E-state index is 0.125. The summed E-state index contributed by atoms with van der Waals surface area (Å²) in [7, 11) is 3.22. The Hall–Kier alpha value is -1.93. The van der Waals surface area contributed by atoms with E-state index in [0.717, 1.165) is 0 Å². The Balaban J connectivity index is 2.82. The molecule has 0 spiro atoms. The molecule has 0 aliphatic carbocycles. The van der Waals surface area contributed by atoms with Gasteiger partial charge in [-0.25, -0.2) is 4.98 Å². The zero-order valence-corrected chi connectivity index (χ0v) is 11.8. The maximum atomic E-state index is 10.9. The highest BCUT2D eigenvalue weighted by atomic mass is 16.6. The van der Waals surface area contributed by atoms with Crippen LogP contribution in [0, 0.1) is 10.1 Å². The number of aliphatic hydroxyl groups is 1. The number of nitro groups is 1. The van der Waals surface area contributed by atoms with Crippen LogP contribution in [0.3, 0.4) is 0 Å². The third-order valence-electron chi connectivity index (χ3n) is 2.81. The molecule has 1 aromatic rings. The molecule has 1 heterocycles. The average Bonchev–Trinajstić information content (AvgIpc) is 2.42. The lowest BCUT2D eigenvalue weighted by Gasteiger charge is -2.23. The van der Waals surface area contributed by atoms with Gasteiger partial charge in [0.25, 0.3) is 0 Å². The van der Waals surface area contributed by atoms with Crippen molar-refractivity contribution in [2.45, 2.75) is 18.9 Å². The maximum absolute atomic E-state index is 10.9. The zero-order chi connectivity index (χ0) is 15.2. The molecule has 0 aliphatic heterocycles. The molecule has 0 saturated heterocycles. The van der Waals surface area contributed by atoms with Gasteiger partial charge >= 0.3 is 5.69 Å². The number of nitrogens with zero attached hydrogens (tertiary/aromatic N) is 2. The van der Waals surface area contributed by atoms with E-state index < -0.39 is 10.5 Å². The van der Waals surface area contributed by atoms with Crippen LogP contribution in [0.25, 0.3) is 0 Å². The van der Waals surface area contributed by atoms with Gasteiger partial charge in [0.1, 0.15) is 5.82 Å². The van der Waals surface area contributed by atoms with Gasteiger partial charge in [-0.2, -0.15) is 0 Å². The fourth-order valence-electron chi connectivity index (χ4n) is 1.55. The molecule has 1 unspecified atom stereocenters. The van der Waals surface area contributed by atoms with E-state index in [2.05, 4.69) is 15.6 Å². The Kier molecular flexibility index (Phi) is 5.66. The fourth-order valence-corrected chi connectivity index (χ4v) is 1.55. The Labute approximate surface area is 117 Å². The monoisotopic (exact) mass is 284 g/mol. The topological polar surface area (TPSA) is 110 Å². The molecule has 0 saturated carbocycles. The van der Waals surface area contributed by atoms with Gasteiger partial charge in [0, 0.05) is 39.8 Å². The predicted molar refractivity (Wildman–Crippen MR) is 76.0 cm³/mol. The summed E-state index contributed by atoms with van der Waals surface area (Å²) in [5.74, 6) is 0.633. The fraction of sp³-hybridized carbons (Fsp3) is 0.583. The number of aromatic nitrogens is 1. The second-order valence-corrected chi connectivity index (χ2v) is 4.66. The number of hydrogen-bond acceptors (Lipinski definition) is 7. The van der Waals surface area contributed by atoms with E-state index >= 15 is 0 Å². The van der Waals surface area contributed by atoms with Crippen LogP contribution in [0.4, 0.5) is 17.3 Å². The van der Waals surface area contributed by atoms with Gasteiger partial charge in [-0.15, -0.1) is 0 Å². The molecule has 1 aromatic heterocycles. The summed E-state index contributed by atoms with van der Waals surface area (Å²) in [5, 5.41) is 26.7. The SMILES string of the molecule is CNc1ccc([N+](=O)[O-])c(NCC(C)(O)CCOC)n1. The minimum Gasteiger partial charge on any atom is -0.388 e. The lowest BCUT2D eigenvalue weighted by Crippen LogP contribution is -2.35. The largest absolute Gasteiger partial charge is 0.388 e. The van der Waals surface area contributed by atoms with E-state index in [9.17, 15) is 15.2 Å². The molecule has 0 aliphatic rings. The molecule has 8 heteroatoms. The van der Waals surface area contributed by atoms with Crippen LogP contribution >= 0.6 is 0 Å². The maximum Gasteiger partial charge on any atom is 0.311 e. The first-order valence-electron chi connectivity index (χ1n) is 6.18. The van der Waals surface area contributed by atoms with Crippen LogP contribution in [-0.2, 0) is 4.74 Å². The quantitative estimate of drug-likeness (QED) is 0.486. The van der Waals surface area contributed by atoms with Crippen LogP contribution in [0.2, 0.25) is 0 Å². The van der Waals surface area contributed by atoms with Gasteiger partial charge in [0.2, 0.25) is 5.82 Å². The molecular formula is C12H20N4O4. The van der Waals surface area contributed by atoms with Crippen LogP contribution < -0.4 is 10.6 Å². The molecule has 8 nitrogen and oxygen atoms in total. The van der Waals surface area contributed by atoms with Crippen molar-refractivity contribution in [2.75, 3.05) is 37.9 Å². The summed E-state index contributed by atoms with van der Waals surface area (Å²) in [6.45, 7) is 2.17. The summed E-state index contributed by atoms with van der Waals surface area (Å²) >= 11 is 0. The summed E-state index contributed by atoms with van der Waals surface area (Å²) < 4.78 is 4.91. The summed E-state index contributed by atoms with van der Waals surface area (Å²) in [5.41, 5.74) is -1.17. The zero-order valence-electron chi connectivity index (χ0n) is 11.8. The molecule has 1 atom stereocenters. The lowest BCUT2D eigenvalue weighted by atomic mass is 10.0. The number of methoxy groups -OCH3 is 1. The van der Waals surface area contributed by atoms with Gasteiger partial charge in [-0.05, 0) is 13.0 Å². The number of ether oxygens (including phenoxy) is 1. The van der Waals surface area contributed by atoms with E-state index in [1.807, 2.05) is 0 Å². The Bertz CT molecular complexity index is 465. The van der Waals surface area contributed by atoms with Crippen LogP contribution in [0.1, 0.15) is 13.3 Å². The molecule has 3 N–H and O–H groups in total. The summed E-state index contributed by atoms with van der Waals surface area (Å²) in [6.07, 6.45) is 0.413. The van der Waals surface area contributed by atoms with E-state index in [1.54, 1.807) is 21.1 Å². The lowest BCUT2D eigenvalue weighted by molar-refractivity contribution is -0.384. The molecule has 0 amide bonds. The molecule has 112 valence electrons. The van der Waals surface area contributed by atoms with E-state index in [4.69, 9.17) is 4.74 Å². The van der Waals surface area contributed by atoms with Crippen LogP contribution in [0.15, 0.2) is 12.1 Å². The van der Waals surface area contributed by atoms with Gasteiger partial charge < -0.3 is 20.5 Å². The van der Waals surface area contributed by atoms with Crippen molar-refractivity contribution < 1.29 is 14.8 Å². The van der Waals surface area contributed by atoms with Crippen molar-refractivity contribution in [3.8, 4) is 0 Å². The molecule has 0 radical (unpaired) electrons. The second-order valence-electron chi connectivity index (χ2n) is 4.66. The van der Waals surface area contributed by atoms with Crippen molar-refractivity contribution in [3.05, 3.63) is 22.2 Å². The van der Waals surface area contributed by atoms with E-state index in [1.165, 1.54) is 12.1 Å². The minimum atomic E-state index is -1.04. The van der Waals surface area contributed by atoms with Crippen molar-refractivity contribution >= 4 is 17.3 Å². The van der Waals surface area contributed by atoms with Crippen molar-refractivity contribution in [2.24, 2.45) is 0 Å². The third kappa shape index (κ3) is 4.63. The van der Waals surface area contributed by atoms with Crippen LogP contribution in [-0.4, -0.2) is 47.9 Å². The first-order valence-corrected chi connectivity index (χ1v) is 6.18. The third-order valence-corrected chi connectivity index (χ3v) is 2.81. The molecule has 0 fully saturated rings. The average molecular weight is 284 g/mol. The first kappa shape index (κ1) is 16.1. The van der Waals surface area contributed by atoms with E-state index in [0.29, 0.717) is 18.8 Å². The normalized spacial score (nSPS) is 13.6. The van der Waals surface area contributed by atoms with Crippen molar-refractivity contribution in [1.29, 1.82) is 0 Å². The standard InChI is InChI=1S/C12H20N4O4/c1-12(17,6-7-20-3)8-14-11-9(16(18)19)4-5-10(13-2)15-11/h4-5,17H,6-8H2,1-3H3,(H2,13,14,15). The van der Waals surface area contributed by atoms with E-state index in [-0.39, 0.29) is 18.1 Å². The number of rotatable bonds is 8. The molecular weight excluding hydrogens is 264 g/mol. The van der Waals surface area contributed by atoms with Gasteiger partial charge in [0.15, 0.2) is 0 Å². The number of hydrogen-bond donors (Lipinski definition) is 3. The highest BCUT2D eigenvalue weighted by molar-refractivity contribution is 5.60. The highest BCUT2D eigenvalue weighted by Crippen LogP contribution is 2.24. The Morgan fingerprint density at radius 1 is 1.55 bits per heavy atom. The summed E-state index contributed by atoms with van der Waals surface area (Å²) in [6, 6.07) is 2.89. The number of nitrogens with one attached hydrogen (secondary N) is 2. The number of pyridine rings is 1. The van der Waals surface area contributed by atoms with Gasteiger partial charge in [-0.1, -0.05) is 0 Å². The highest BCUT2D eigenvalue weighted by Gasteiger charge is 2.23. The Morgan fingerprint density at radius 3 is 2.80 bits per heavy atom. The van der Waals surface area contributed by atoms with Gasteiger partial charge in [-0.3, -0.25) is 10.1 Å². The smallest absolute Gasteiger partial charge is 0.311 e. The molecule has 0 bridgehead atoms. The number of anilines is 2. The first-order chi connectivity index (χ1) is 9.39. The summed E-state index contributed by atoms with van der Waals surface area (Å²) in [4.78, 5) is 14.5. The van der Waals surface area contributed by atoms with Crippen LogP contribution in [0.5, 0.6) is 0 Å². The van der Waals surface area contributed by atoms with Crippen molar-refractivity contribution in [3.63, 3.8) is 0 Å². The predicted octanol–water partition coefficient (Wildman–Crippen LogP) is 1.23. The molecule has 1 rings (SSSR count). The molecule has 0 aromatic carbocycles. The molecule has 20 heavy (non-hydrogen) atoms. The van der Waals surface area contributed by atoms with Crippen molar-refractivity contribution in [1.82, 2.24) is 4.98 Å². The second kappa shape index (κ2) is 7.01.